The summed E-state index contributed by atoms with van der Waals surface area (Å²) in [7, 11) is 0. The van der Waals surface area contributed by atoms with Crippen LogP contribution >= 0.6 is 11.6 Å². The van der Waals surface area contributed by atoms with Crippen LogP contribution in [0.1, 0.15) is 32.1 Å². The number of alkyl halides is 1. The van der Waals surface area contributed by atoms with Gasteiger partial charge in [0.15, 0.2) is 0 Å². The Morgan fingerprint density at radius 2 is 2.18 bits per heavy atom. The van der Waals surface area contributed by atoms with Crippen molar-refractivity contribution in [2.45, 2.75) is 38.1 Å². The highest BCUT2D eigenvalue weighted by Gasteiger charge is 2.22. The summed E-state index contributed by atoms with van der Waals surface area (Å²) in [6, 6.07) is 0.499. The molecule has 1 fully saturated rings. The van der Waals surface area contributed by atoms with Crippen LogP contribution in [0, 0.1) is 0 Å². The molecule has 0 aromatic heterocycles. The molecule has 1 amide bonds. The first-order valence-corrected chi connectivity index (χ1v) is 4.71. The molecule has 3 heteroatoms. The van der Waals surface area contributed by atoms with Gasteiger partial charge in [-0.2, -0.15) is 0 Å². The summed E-state index contributed by atoms with van der Waals surface area (Å²) in [6.07, 6.45) is 4.84. The van der Waals surface area contributed by atoms with Crippen LogP contribution in [0.5, 0.6) is 0 Å². The number of hydrogen-bond donors (Lipinski definition) is 1. The van der Waals surface area contributed by atoms with Crippen LogP contribution in [0.15, 0.2) is 0 Å². The SMILES string of the molecule is O=C(CCCCCl)NC1CC1. The molecule has 0 aliphatic heterocycles. The van der Waals surface area contributed by atoms with Gasteiger partial charge in [-0.05, 0) is 25.7 Å². The Labute approximate surface area is 72.3 Å². The minimum atomic E-state index is 0.192. The van der Waals surface area contributed by atoms with E-state index in [9.17, 15) is 4.79 Å². The van der Waals surface area contributed by atoms with Crippen LogP contribution in [0.3, 0.4) is 0 Å². The number of nitrogens with one attached hydrogen (secondary N) is 1. The summed E-state index contributed by atoms with van der Waals surface area (Å²) in [6.45, 7) is 0. The van der Waals surface area contributed by atoms with Crippen molar-refractivity contribution >= 4 is 17.5 Å². The number of carbonyl (C=O) groups excluding carboxylic acids is 1. The van der Waals surface area contributed by atoms with E-state index in [0.29, 0.717) is 18.3 Å². The molecule has 0 aromatic rings. The molecule has 2 nitrogen and oxygen atoms in total. The van der Waals surface area contributed by atoms with Gasteiger partial charge in [0.25, 0.3) is 0 Å². The third-order valence-corrected chi connectivity index (χ3v) is 2.00. The Hall–Kier alpha value is -0.240. The zero-order valence-electron chi connectivity index (χ0n) is 6.61. The summed E-state index contributed by atoms with van der Waals surface area (Å²) in [5.41, 5.74) is 0. The quantitative estimate of drug-likeness (QED) is 0.500. The van der Waals surface area contributed by atoms with Crippen LogP contribution in [0.2, 0.25) is 0 Å². The van der Waals surface area contributed by atoms with Gasteiger partial charge in [-0.1, -0.05) is 0 Å². The highest BCUT2D eigenvalue weighted by Crippen LogP contribution is 2.18. The number of unbranched alkanes of at least 4 members (excludes halogenated alkanes) is 1. The molecule has 0 unspecified atom stereocenters. The normalized spacial score (nSPS) is 16.5. The average Bonchev–Trinajstić information content (AvgIpc) is 2.72. The lowest BCUT2D eigenvalue weighted by atomic mass is 10.2. The summed E-state index contributed by atoms with van der Waals surface area (Å²) in [5, 5.41) is 2.93. The zero-order chi connectivity index (χ0) is 8.10. The fourth-order valence-corrected chi connectivity index (χ4v) is 1.10. The van der Waals surface area contributed by atoms with E-state index < -0.39 is 0 Å². The van der Waals surface area contributed by atoms with Crippen molar-refractivity contribution in [3.05, 3.63) is 0 Å². The Bertz CT molecular complexity index is 134. The first-order valence-electron chi connectivity index (χ1n) is 4.18. The van der Waals surface area contributed by atoms with Gasteiger partial charge in [0.2, 0.25) is 5.91 Å². The molecule has 0 aromatic carbocycles. The van der Waals surface area contributed by atoms with Crippen molar-refractivity contribution in [1.29, 1.82) is 0 Å². The van der Waals surface area contributed by atoms with Gasteiger partial charge in [-0.15, -0.1) is 11.6 Å². The lowest BCUT2D eigenvalue weighted by molar-refractivity contribution is -0.121. The largest absolute Gasteiger partial charge is 0.353 e. The first kappa shape index (κ1) is 8.85. The maximum atomic E-state index is 11.0. The van der Waals surface area contributed by atoms with Crippen molar-refractivity contribution in [3.8, 4) is 0 Å². The van der Waals surface area contributed by atoms with E-state index in [0.717, 1.165) is 12.8 Å². The molecular weight excluding hydrogens is 162 g/mol. The minimum absolute atomic E-state index is 0.192. The van der Waals surface area contributed by atoms with Crippen molar-refractivity contribution < 1.29 is 4.79 Å². The minimum Gasteiger partial charge on any atom is -0.353 e. The highest BCUT2D eigenvalue weighted by atomic mass is 35.5. The predicted molar refractivity (Wildman–Crippen MR) is 45.7 cm³/mol. The molecule has 0 heterocycles. The monoisotopic (exact) mass is 175 g/mol. The summed E-state index contributed by atoms with van der Waals surface area (Å²) in [4.78, 5) is 11.0. The van der Waals surface area contributed by atoms with Crippen molar-refractivity contribution in [1.82, 2.24) is 5.32 Å². The number of amides is 1. The molecule has 1 N–H and O–H groups in total. The number of halogens is 1. The van der Waals surface area contributed by atoms with Crippen molar-refractivity contribution in [2.75, 3.05) is 5.88 Å². The summed E-state index contributed by atoms with van der Waals surface area (Å²) < 4.78 is 0. The summed E-state index contributed by atoms with van der Waals surface area (Å²) in [5.74, 6) is 0.856. The van der Waals surface area contributed by atoms with E-state index in [1.165, 1.54) is 12.8 Å². The van der Waals surface area contributed by atoms with Gasteiger partial charge in [0, 0.05) is 18.3 Å². The van der Waals surface area contributed by atoms with Gasteiger partial charge < -0.3 is 5.32 Å². The Balaban J connectivity index is 1.92. The Morgan fingerprint density at radius 1 is 1.45 bits per heavy atom. The molecule has 0 bridgehead atoms. The van der Waals surface area contributed by atoms with E-state index in [4.69, 9.17) is 11.6 Å². The van der Waals surface area contributed by atoms with E-state index in [2.05, 4.69) is 5.32 Å². The van der Waals surface area contributed by atoms with E-state index in [1.54, 1.807) is 0 Å². The van der Waals surface area contributed by atoms with Gasteiger partial charge in [0.05, 0.1) is 0 Å². The Kier molecular flexibility index (Phi) is 3.70. The zero-order valence-corrected chi connectivity index (χ0v) is 7.36. The molecule has 64 valence electrons. The molecule has 0 radical (unpaired) electrons. The third kappa shape index (κ3) is 4.25. The number of carbonyl (C=O) groups is 1. The third-order valence-electron chi connectivity index (χ3n) is 1.73. The van der Waals surface area contributed by atoms with Crippen molar-refractivity contribution in [3.63, 3.8) is 0 Å². The first-order chi connectivity index (χ1) is 5.33. The van der Waals surface area contributed by atoms with E-state index in [1.807, 2.05) is 0 Å². The predicted octanol–water partition coefficient (Wildman–Crippen LogP) is 1.67. The van der Waals surface area contributed by atoms with E-state index in [-0.39, 0.29) is 5.91 Å². The second-order valence-electron chi connectivity index (χ2n) is 2.99. The molecular formula is C8H14ClNO. The number of rotatable bonds is 5. The van der Waals surface area contributed by atoms with Crippen LogP contribution in [-0.2, 0) is 4.79 Å². The van der Waals surface area contributed by atoms with Gasteiger partial charge in [-0.25, -0.2) is 0 Å². The lowest BCUT2D eigenvalue weighted by Gasteiger charge is -2.00. The number of hydrogen-bond acceptors (Lipinski definition) is 1. The average molecular weight is 176 g/mol. The summed E-state index contributed by atoms with van der Waals surface area (Å²) >= 11 is 5.47. The fourth-order valence-electron chi connectivity index (χ4n) is 0.908. The standard InChI is InChI=1S/C8H14ClNO/c9-6-2-1-3-8(11)10-7-4-5-7/h7H,1-6H2,(H,10,11). The molecule has 0 spiro atoms. The highest BCUT2D eigenvalue weighted by molar-refractivity contribution is 6.17. The van der Waals surface area contributed by atoms with Crippen LogP contribution < -0.4 is 5.32 Å². The van der Waals surface area contributed by atoms with Crippen molar-refractivity contribution in [2.24, 2.45) is 0 Å². The van der Waals surface area contributed by atoms with Gasteiger partial charge >= 0.3 is 0 Å². The van der Waals surface area contributed by atoms with Crippen LogP contribution in [0.4, 0.5) is 0 Å². The molecule has 11 heavy (non-hydrogen) atoms. The fraction of sp³-hybridized carbons (Fsp3) is 0.875. The second-order valence-corrected chi connectivity index (χ2v) is 3.37. The Morgan fingerprint density at radius 3 is 2.73 bits per heavy atom. The maximum Gasteiger partial charge on any atom is 0.220 e. The molecule has 1 aliphatic carbocycles. The van der Waals surface area contributed by atoms with E-state index >= 15 is 0 Å². The smallest absolute Gasteiger partial charge is 0.220 e. The molecule has 1 aliphatic rings. The van der Waals surface area contributed by atoms with Gasteiger partial charge in [-0.3, -0.25) is 4.79 Å². The molecule has 0 atom stereocenters. The second kappa shape index (κ2) is 4.60. The van der Waals surface area contributed by atoms with Crippen LogP contribution in [0.25, 0.3) is 0 Å². The van der Waals surface area contributed by atoms with Crippen LogP contribution in [-0.4, -0.2) is 17.8 Å². The molecule has 1 saturated carbocycles. The van der Waals surface area contributed by atoms with Gasteiger partial charge in [0.1, 0.15) is 0 Å². The molecule has 1 rings (SSSR count). The lowest BCUT2D eigenvalue weighted by Crippen LogP contribution is -2.24. The molecule has 0 saturated heterocycles. The maximum absolute atomic E-state index is 11.0. The topological polar surface area (TPSA) is 29.1 Å².